The zero-order valence-corrected chi connectivity index (χ0v) is 20.1. The molecule has 1 saturated heterocycles. The molecule has 0 bridgehead atoms. The summed E-state index contributed by atoms with van der Waals surface area (Å²) in [7, 11) is 1.75. The van der Waals surface area contributed by atoms with E-state index in [-0.39, 0.29) is 42.6 Å². The average molecular weight is 544 g/mol. The van der Waals surface area contributed by atoms with Crippen molar-refractivity contribution in [2.24, 2.45) is 4.99 Å². The third-order valence-corrected chi connectivity index (χ3v) is 5.58. The molecular weight excluding hydrogens is 514 g/mol. The predicted molar refractivity (Wildman–Crippen MR) is 127 cm³/mol. The Hall–Kier alpha value is -1.85. The van der Waals surface area contributed by atoms with Gasteiger partial charge in [0.15, 0.2) is 12.8 Å². The lowest BCUT2D eigenvalue weighted by Crippen LogP contribution is -2.43. The summed E-state index contributed by atoms with van der Waals surface area (Å²) in [5.74, 6) is 2.14. The number of benzene rings is 1. The fourth-order valence-electron chi connectivity index (χ4n) is 4.12. The second kappa shape index (κ2) is 11.7. The lowest BCUT2D eigenvalue weighted by molar-refractivity contribution is -0.0172. The molecule has 170 valence electrons. The van der Waals surface area contributed by atoms with Crippen LogP contribution in [0.15, 0.2) is 39.9 Å². The van der Waals surface area contributed by atoms with Crippen molar-refractivity contribution in [2.75, 3.05) is 40.0 Å². The number of hydrogen-bond donors (Lipinski definition) is 2. The summed E-state index contributed by atoms with van der Waals surface area (Å²) in [5, 5.41) is 6.72. The molecule has 1 atom stereocenters. The van der Waals surface area contributed by atoms with Crippen LogP contribution in [0.4, 0.5) is 4.39 Å². The van der Waals surface area contributed by atoms with E-state index in [1.165, 1.54) is 25.0 Å². The lowest BCUT2D eigenvalue weighted by atomic mass is 10.1. The summed E-state index contributed by atoms with van der Waals surface area (Å²) in [5.41, 5.74) is 1.59. The van der Waals surface area contributed by atoms with Crippen LogP contribution in [0.25, 0.3) is 0 Å². The van der Waals surface area contributed by atoms with E-state index < -0.39 is 0 Å². The number of nitrogens with one attached hydrogen (secondary N) is 2. The van der Waals surface area contributed by atoms with Gasteiger partial charge < -0.3 is 24.5 Å². The van der Waals surface area contributed by atoms with Crippen LogP contribution >= 0.6 is 24.0 Å². The van der Waals surface area contributed by atoms with Gasteiger partial charge in [-0.25, -0.2) is 4.39 Å². The minimum atomic E-state index is -0.271. The Bertz CT molecular complexity index is 857. The molecule has 7 nitrogen and oxygen atoms in total. The summed E-state index contributed by atoms with van der Waals surface area (Å²) < 4.78 is 30.4. The van der Waals surface area contributed by atoms with E-state index in [0.717, 1.165) is 35.7 Å². The SMILES string of the molecule is CN=C(NCCc1cc(F)cc2c1OCOC2)NCC(c1ccco1)N1CCCC1.I. The van der Waals surface area contributed by atoms with Crippen molar-refractivity contribution in [3.8, 4) is 5.75 Å². The Labute approximate surface area is 199 Å². The fraction of sp³-hybridized carbons (Fsp3) is 0.500. The van der Waals surface area contributed by atoms with Crippen LogP contribution in [0.2, 0.25) is 0 Å². The van der Waals surface area contributed by atoms with Crippen molar-refractivity contribution < 1.29 is 18.3 Å². The van der Waals surface area contributed by atoms with E-state index in [1.54, 1.807) is 13.3 Å². The van der Waals surface area contributed by atoms with Crippen molar-refractivity contribution in [2.45, 2.75) is 31.9 Å². The number of hydrogen-bond acceptors (Lipinski definition) is 5. The molecule has 1 aromatic heterocycles. The van der Waals surface area contributed by atoms with Gasteiger partial charge in [0, 0.05) is 25.7 Å². The van der Waals surface area contributed by atoms with Crippen molar-refractivity contribution >= 4 is 29.9 Å². The summed E-state index contributed by atoms with van der Waals surface area (Å²) in [6.45, 7) is 4.03. The third-order valence-electron chi connectivity index (χ3n) is 5.58. The second-order valence-corrected chi connectivity index (χ2v) is 7.57. The molecule has 3 heterocycles. The van der Waals surface area contributed by atoms with Crippen LogP contribution in [-0.2, 0) is 17.8 Å². The van der Waals surface area contributed by atoms with E-state index in [2.05, 4.69) is 20.5 Å². The molecule has 1 aromatic carbocycles. The van der Waals surface area contributed by atoms with Crippen molar-refractivity contribution in [3.05, 3.63) is 53.2 Å². The lowest BCUT2D eigenvalue weighted by Gasteiger charge is -2.26. The normalized spacial score (nSPS) is 17.4. The predicted octanol–water partition coefficient (Wildman–Crippen LogP) is 3.45. The van der Waals surface area contributed by atoms with Gasteiger partial charge in [-0.2, -0.15) is 0 Å². The molecule has 2 aliphatic heterocycles. The molecule has 9 heteroatoms. The largest absolute Gasteiger partial charge is 0.468 e. The first-order chi connectivity index (χ1) is 14.7. The zero-order valence-electron chi connectivity index (χ0n) is 17.7. The van der Waals surface area contributed by atoms with Crippen molar-refractivity contribution in [3.63, 3.8) is 0 Å². The highest BCUT2D eigenvalue weighted by Crippen LogP contribution is 2.29. The van der Waals surface area contributed by atoms with E-state index in [4.69, 9.17) is 13.9 Å². The van der Waals surface area contributed by atoms with Gasteiger partial charge >= 0.3 is 0 Å². The number of nitrogens with zero attached hydrogens (tertiary/aromatic N) is 2. The van der Waals surface area contributed by atoms with E-state index in [0.29, 0.717) is 32.1 Å². The Morgan fingerprint density at radius 3 is 2.84 bits per heavy atom. The maximum absolute atomic E-state index is 13.9. The van der Waals surface area contributed by atoms with Crippen LogP contribution in [0.1, 0.15) is 35.8 Å². The van der Waals surface area contributed by atoms with E-state index >= 15 is 0 Å². The van der Waals surface area contributed by atoms with E-state index in [1.807, 2.05) is 12.1 Å². The van der Waals surface area contributed by atoms with Crippen molar-refractivity contribution in [1.29, 1.82) is 0 Å². The second-order valence-electron chi connectivity index (χ2n) is 7.57. The Kier molecular flexibility index (Phi) is 8.97. The van der Waals surface area contributed by atoms with Gasteiger partial charge in [0.25, 0.3) is 0 Å². The minimum absolute atomic E-state index is 0. The smallest absolute Gasteiger partial charge is 0.191 e. The summed E-state index contributed by atoms with van der Waals surface area (Å²) >= 11 is 0. The zero-order chi connectivity index (χ0) is 20.8. The maximum Gasteiger partial charge on any atom is 0.191 e. The Balaban J connectivity index is 0.00000272. The Morgan fingerprint density at radius 2 is 2.10 bits per heavy atom. The molecule has 4 rings (SSSR count). The molecule has 2 aromatic rings. The van der Waals surface area contributed by atoms with Gasteiger partial charge in [-0.15, -0.1) is 24.0 Å². The molecule has 31 heavy (non-hydrogen) atoms. The standard InChI is InChI=1S/C22H29FN4O3.HI/c1-24-22(26-13-19(20-5-4-10-29-20)27-8-2-3-9-27)25-7-6-16-11-18(23)12-17-14-28-15-30-21(16)17;/h4-5,10-12,19H,2-3,6-9,13-15H2,1H3,(H2,24,25,26);1H. The van der Waals surface area contributed by atoms with Gasteiger partial charge in [-0.05, 0) is 62.2 Å². The molecule has 0 radical (unpaired) electrons. The first-order valence-electron chi connectivity index (χ1n) is 10.5. The first kappa shape index (κ1) is 23.8. The molecule has 1 fully saturated rings. The summed E-state index contributed by atoms with van der Waals surface area (Å²) in [4.78, 5) is 6.77. The van der Waals surface area contributed by atoms with Gasteiger partial charge in [-0.3, -0.25) is 9.89 Å². The maximum atomic E-state index is 13.9. The first-order valence-corrected chi connectivity index (χ1v) is 10.5. The highest BCUT2D eigenvalue weighted by atomic mass is 127. The summed E-state index contributed by atoms with van der Waals surface area (Å²) in [6, 6.07) is 7.13. The molecular formula is C22H30FIN4O3. The number of ether oxygens (including phenoxy) is 2. The van der Waals surface area contributed by atoms with Crippen LogP contribution in [0, 0.1) is 5.82 Å². The molecule has 0 aliphatic carbocycles. The number of rotatable bonds is 7. The number of halogens is 2. The molecule has 0 saturated carbocycles. The third kappa shape index (κ3) is 6.11. The molecule has 2 N–H and O–H groups in total. The molecule has 1 unspecified atom stereocenters. The van der Waals surface area contributed by atoms with Crippen LogP contribution in [0.3, 0.4) is 0 Å². The van der Waals surface area contributed by atoms with Gasteiger partial charge in [0.2, 0.25) is 0 Å². The van der Waals surface area contributed by atoms with Crippen molar-refractivity contribution in [1.82, 2.24) is 15.5 Å². The number of likely N-dealkylation sites (tertiary alicyclic amines) is 1. The van der Waals surface area contributed by atoms with Crippen LogP contribution in [-0.4, -0.2) is 50.9 Å². The molecule has 2 aliphatic rings. The quantitative estimate of drug-likeness (QED) is 0.316. The van der Waals surface area contributed by atoms with E-state index in [9.17, 15) is 4.39 Å². The van der Waals surface area contributed by atoms with Crippen LogP contribution in [0.5, 0.6) is 5.75 Å². The highest BCUT2D eigenvalue weighted by molar-refractivity contribution is 14.0. The average Bonchev–Trinajstić information content (AvgIpc) is 3.47. The fourth-order valence-corrected chi connectivity index (χ4v) is 4.12. The van der Waals surface area contributed by atoms with Gasteiger partial charge in [0.1, 0.15) is 17.3 Å². The number of aliphatic imine (C=N–C) groups is 1. The van der Waals surface area contributed by atoms with Gasteiger partial charge in [0.05, 0.1) is 18.9 Å². The van der Waals surface area contributed by atoms with Crippen LogP contribution < -0.4 is 15.4 Å². The van der Waals surface area contributed by atoms with Gasteiger partial charge in [-0.1, -0.05) is 0 Å². The highest BCUT2D eigenvalue weighted by Gasteiger charge is 2.25. The number of guanidine groups is 1. The molecule has 0 amide bonds. The Morgan fingerprint density at radius 1 is 1.26 bits per heavy atom. The summed E-state index contributed by atoms with van der Waals surface area (Å²) in [6.07, 6.45) is 4.78. The topological polar surface area (TPSA) is 71.3 Å². The minimum Gasteiger partial charge on any atom is -0.468 e. The monoisotopic (exact) mass is 544 g/mol. The number of furan rings is 1. The molecule has 0 spiro atoms. The number of fused-ring (bicyclic) bond motifs is 1.